The van der Waals surface area contributed by atoms with E-state index in [0.717, 1.165) is 17.9 Å². The number of guanidine groups is 1. The van der Waals surface area contributed by atoms with Crippen molar-refractivity contribution in [3.05, 3.63) is 52.8 Å². The molecule has 0 spiro atoms. The molecule has 1 aromatic heterocycles. The number of nitrogens with zero attached hydrogens (tertiary/aromatic N) is 4. The predicted molar refractivity (Wildman–Crippen MR) is 133 cm³/mol. The number of aryl methyl sites for hydroxylation is 1. The van der Waals surface area contributed by atoms with Crippen molar-refractivity contribution in [1.29, 1.82) is 0 Å². The van der Waals surface area contributed by atoms with Crippen LogP contribution < -0.4 is 10.1 Å². The molecule has 0 aliphatic rings. The van der Waals surface area contributed by atoms with E-state index >= 15 is 0 Å². The van der Waals surface area contributed by atoms with Crippen LogP contribution in [0.15, 0.2) is 41.5 Å². The number of hydrogen-bond donors (Lipinski definition) is 1. The lowest BCUT2D eigenvalue weighted by Gasteiger charge is -2.23. The maximum absolute atomic E-state index is 12.0. The van der Waals surface area contributed by atoms with E-state index in [4.69, 9.17) is 16.3 Å². The van der Waals surface area contributed by atoms with Crippen molar-refractivity contribution in [2.45, 2.75) is 13.0 Å². The van der Waals surface area contributed by atoms with Crippen molar-refractivity contribution in [3.8, 4) is 5.75 Å². The molecule has 166 valence electrons. The number of methoxy groups -OCH3 is 1. The Morgan fingerprint density at radius 2 is 1.90 bits per heavy atom. The van der Waals surface area contributed by atoms with Crippen LogP contribution >= 0.6 is 35.6 Å². The van der Waals surface area contributed by atoms with Crippen molar-refractivity contribution >= 4 is 47.4 Å². The standard InChI is InChI=1S/C21H30ClN5O2.HI/c1-25(2)20(28)13-24-21(27(4)15-18-12-17(22)14-26(18)3)23-11-10-16-6-8-19(29-5)9-7-16;/h6-9,12,14H,10-11,13,15H2,1-5H3,(H,23,24);1H. The van der Waals surface area contributed by atoms with Crippen molar-refractivity contribution in [2.75, 3.05) is 41.3 Å². The lowest BCUT2D eigenvalue weighted by molar-refractivity contribution is -0.127. The van der Waals surface area contributed by atoms with Gasteiger partial charge in [0.2, 0.25) is 5.91 Å². The van der Waals surface area contributed by atoms with E-state index in [9.17, 15) is 4.79 Å². The number of benzene rings is 1. The number of amides is 1. The molecule has 30 heavy (non-hydrogen) atoms. The topological polar surface area (TPSA) is 62.1 Å². The van der Waals surface area contributed by atoms with Crippen LogP contribution in [0.5, 0.6) is 5.75 Å². The van der Waals surface area contributed by atoms with E-state index < -0.39 is 0 Å². The third kappa shape index (κ3) is 8.06. The quantitative estimate of drug-likeness (QED) is 0.314. The Morgan fingerprint density at radius 3 is 2.43 bits per heavy atom. The molecule has 0 saturated heterocycles. The Balaban J connectivity index is 0.00000450. The highest BCUT2D eigenvalue weighted by molar-refractivity contribution is 14.0. The molecule has 2 aromatic rings. The van der Waals surface area contributed by atoms with E-state index in [1.807, 2.05) is 60.1 Å². The first-order chi connectivity index (χ1) is 13.8. The summed E-state index contributed by atoms with van der Waals surface area (Å²) in [6.07, 6.45) is 2.70. The van der Waals surface area contributed by atoms with Gasteiger partial charge in [0.05, 0.1) is 18.7 Å². The van der Waals surface area contributed by atoms with Crippen molar-refractivity contribution in [2.24, 2.45) is 12.0 Å². The van der Waals surface area contributed by atoms with E-state index in [1.165, 1.54) is 10.5 Å². The number of aromatic nitrogens is 1. The summed E-state index contributed by atoms with van der Waals surface area (Å²) in [5, 5.41) is 4.07. The number of halogens is 2. The van der Waals surface area contributed by atoms with Crippen LogP contribution in [0.1, 0.15) is 11.3 Å². The molecule has 2 rings (SSSR count). The minimum atomic E-state index is -0.0465. The van der Waals surface area contributed by atoms with E-state index in [1.54, 1.807) is 21.2 Å². The lowest BCUT2D eigenvalue weighted by atomic mass is 10.1. The summed E-state index contributed by atoms with van der Waals surface area (Å²) in [6.45, 7) is 1.41. The molecule has 0 radical (unpaired) electrons. The van der Waals surface area contributed by atoms with Gasteiger partial charge in [0.1, 0.15) is 12.3 Å². The second-order valence-electron chi connectivity index (χ2n) is 7.07. The van der Waals surface area contributed by atoms with E-state index in [-0.39, 0.29) is 36.4 Å². The maximum atomic E-state index is 12.0. The Morgan fingerprint density at radius 1 is 1.23 bits per heavy atom. The zero-order chi connectivity index (χ0) is 21.4. The molecule has 1 aromatic carbocycles. The van der Waals surface area contributed by atoms with Crippen LogP contribution in [0.25, 0.3) is 0 Å². The maximum Gasteiger partial charge on any atom is 0.243 e. The van der Waals surface area contributed by atoms with Gasteiger partial charge >= 0.3 is 0 Å². The number of rotatable bonds is 8. The van der Waals surface area contributed by atoms with Crippen molar-refractivity contribution < 1.29 is 9.53 Å². The van der Waals surface area contributed by atoms with E-state index in [0.29, 0.717) is 24.1 Å². The lowest BCUT2D eigenvalue weighted by Crippen LogP contribution is -2.40. The Kier molecular flexibility index (Phi) is 11.0. The summed E-state index contributed by atoms with van der Waals surface area (Å²) < 4.78 is 7.18. The minimum Gasteiger partial charge on any atom is -0.497 e. The number of nitrogens with one attached hydrogen (secondary N) is 1. The fraction of sp³-hybridized carbons (Fsp3) is 0.429. The number of aliphatic imine (C=N–C) groups is 1. The molecule has 1 amide bonds. The van der Waals surface area contributed by atoms with Crippen molar-refractivity contribution in [3.63, 3.8) is 0 Å². The zero-order valence-electron chi connectivity index (χ0n) is 18.2. The molecule has 1 N–H and O–H groups in total. The van der Waals surface area contributed by atoms with Gasteiger partial charge in [-0.2, -0.15) is 0 Å². The zero-order valence-corrected chi connectivity index (χ0v) is 21.3. The number of carbonyl (C=O) groups excluding carboxylic acids is 1. The minimum absolute atomic E-state index is 0. The average Bonchev–Trinajstić information content (AvgIpc) is 3.01. The molecule has 1 heterocycles. The summed E-state index contributed by atoms with van der Waals surface area (Å²) in [4.78, 5) is 20.0. The summed E-state index contributed by atoms with van der Waals surface area (Å²) in [6, 6.07) is 9.92. The van der Waals surface area contributed by atoms with Gasteiger partial charge in [0.25, 0.3) is 0 Å². The molecule has 0 atom stereocenters. The van der Waals surface area contributed by atoms with Crippen LogP contribution in [0.2, 0.25) is 5.02 Å². The van der Waals surface area contributed by atoms with Crippen LogP contribution in [0.3, 0.4) is 0 Å². The van der Waals surface area contributed by atoms with Gasteiger partial charge in [0, 0.05) is 46.6 Å². The Bertz CT molecular complexity index is 836. The monoisotopic (exact) mass is 547 g/mol. The Labute approximate surface area is 201 Å². The normalized spacial score (nSPS) is 10.9. The van der Waals surface area contributed by atoms with Gasteiger partial charge in [-0.25, -0.2) is 4.99 Å². The van der Waals surface area contributed by atoms with Gasteiger partial charge in [-0.1, -0.05) is 23.7 Å². The highest BCUT2D eigenvalue weighted by Crippen LogP contribution is 2.14. The first kappa shape index (κ1) is 26.1. The molecule has 0 bridgehead atoms. The van der Waals surface area contributed by atoms with E-state index in [2.05, 4.69) is 10.3 Å². The molecule has 0 aliphatic carbocycles. The molecule has 7 nitrogen and oxygen atoms in total. The van der Waals surface area contributed by atoms with Gasteiger partial charge in [-0.05, 0) is 30.2 Å². The average molecular weight is 548 g/mol. The SMILES string of the molecule is COc1ccc(CCNC(=NCC(=O)N(C)C)N(C)Cc2cc(Cl)cn2C)cc1.I. The molecular weight excluding hydrogens is 517 g/mol. The highest BCUT2D eigenvalue weighted by Gasteiger charge is 2.12. The van der Waals surface area contributed by atoms with Crippen LogP contribution in [-0.4, -0.2) is 67.6 Å². The number of hydrogen-bond acceptors (Lipinski definition) is 3. The van der Waals surface area contributed by atoms with Crippen molar-refractivity contribution in [1.82, 2.24) is 19.7 Å². The van der Waals surface area contributed by atoms with Gasteiger partial charge in [-0.3, -0.25) is 4.79 Å². The molecule has 9 heteroatoms. The fourth-order valence-corrected chi connectivity index (χ4v) is 3.02. The summed E-state index contributed by atoms with van der Waals surface area (Å²) in [5.74, 6) is 1.47. The largest absolute Gasteiger partial charge is 0.497 e. The molecule has 0 aliphatic heterocycles. The Hall–Kier alpha value is -1.94. The molecular formula is C21H31ClIN5O2. The highest BCUT2D eigenvalue weighted by atomic mass is 127. The second-order valence-corrected chi connectivity index (χ2v) is 7.51. The summed E-state index contributed by atoms with van der Waals surface area (Å²) in [5.41, 5.74) is 2.25. The number of carbonyl (C=O) groups is 1. The van der Waals surface area contributed by atoms with Crippen LogP contribution in [-0.2, 0) is 24.8 Å². The predicted octanol–water partition coefficient (Wildman–Crippen LogP) is 3.01. The second kappa shape index (κ2) is 12.7. The third-order valence-corrected chi connectivity index (χ3v) is 4.76. The molecule has 0 saturated carbocycles. The van der Waals surface area contributed by atoms with Gasteiger partial charge in [0.15, 0.2) is 5.96 Å². The van der Waals surface area contributed by atoms with Gasteiger partial charge < -0.3 is 24.4 Å². The number of likely N-dealkylation sites (N-methyl/N-ethyl adjacent to an activating group) is 1. The smallest absolute Gasteiger partial charge is 0.243 e. The van der Waals surface area contributed by atoms with Crippen LogP contribution in [0, 0.1) is 0 Å². The summed E-state index contributed by atoms with van der Waals surface area (Å²) in [7, 11) is 9.01. The molecule has 0 fully saturated rings. The van der Waals surface area contributed by atoms with Crippen LogP contribution in [0.4, 0.5) is 0 Å². The first-order valence-electron chi connectivity index (χ1n) is 9.43. The summed E-state index contributed by atoms with van der Waals surface area (Å²) >= 11 is 6.09. The first-order valence-corrected chi connectivity index (χ1v) is 9.81. The molecule has 0 unspecified atom stereocenters. The number of ether oxygens (including phenoxy) is 1. The fourth-order valence-electron chi connectivity index (χ4n) is 2.75. The van der Waals surface area contributed by atoms with Gasteiger partial charge in [-0.15, -0.1) is 24.0 Å². The third-order valence-electron chi connectivity index (χ3n) is 4.55.